The second-order valence-electron chi connectivity index (χ2n) is 6.23. The van der Waals surface area contributed by atoms with Gasteiger partial charge in [0.05, 0.1) is 17.9 Å². The fraction of sp³-hybridized carbons (Fsp3) is 0.625. The Morgan fingerprint density at radius 2 is 1.95 bits per heavy atom. The van der Waals surface area contributed by atoms with Gasteiger partial charge in [0.2, 0.25) is 5.91 Å². The average Bonchev–Trinajstić information content (AvgIpc) is 2.92. The molecule has 1 aromatic rings. The van der Waals surface area contributed by atoms with Crippen molar-refractivity contribution in [3.63, 3.8) is 0 Å². The van der Waals surface area contributed by atoms with Crippen LogP contribution in [0.1, 0.15) is 49.8 Å². The third kappa shape index (κ3) is 3.28. The number of carboxylic acid groups (broad SMARTS) is 1. The average molecular weight is 293 g/mol. The van der Waals surface area contributed by atoms with Crippen molar-refractivity contribution in [2.45, 2.75) is 46.6 Å². The highest BCUT2D eigenvalue weighted by Crippen LogP contribution is 2.37. The van der Waals surface area contributed by atoms with Gasteiger partial charge in [-0.05, 0) is 45.6 Å². The summed E-state index contributed by atoms with van der Waals surface area (Å²) in [5, 5.41) is 12.2. The van der Waals surface area contributed by atoms with E-state index in [-0.39, 0.29) is 17.9 Å². The first-order valence-corrected chi connectivity index (χ1v) is 7.39. The lowest BCUT2D eigenvalue weighted by atomic mass is 9.94. The third-order valence-corrected chi connectivity index (χ3v) is 4.36. The van der Waals surface area contributed by atoms with Gasteiger partial charge in [-0.2, -0.15) is 0 Å². The lowest BCUT2D eigenvalue weighted by Gasteiger charge is -2.19. The molecule has 0 bridgehead atoms. The Morgan fingerprint density at radius 1 is 1.33 bits per heavy atom. The van der Waals surface area contributed by atoms with Crippen molar-refractivity contribution >= 4 is 11.9 Å². The number of carbonyl (C=O) groups excluding carboxylic acids is 1. The maximum Gasteiger partial charge on any atom is 0.307 e. The molecule has 116 valence electrons. The highest BCUT2D eigenvalue weighted by molar-refractivity contribution is 5.85. The van der Waals surface area contributed by atoms with Gasteiger partial charge in [0.1, 0.15) is 11.5 Å². The van der Waals surface area contributed by atoms with Gasteiger partial charge in [-0.3, -0.25) is 9.59 Å². The molecule has 0 saturated heterocycles. The third-order valence-electron chi connectivity index (χ3n) is 4.36. The van der Waals surface area contributed by atoms with E-state index in [0.29, 0.717) is 12.8 Å². The molecule has 1 heterocycles. The molecular formula is C16H23NO4. The predicted octanol–water partition coefficient (Wildman–Crippen LogP) is 2.82. The number of hydrogen-bond donors (Lipinski definition) is 2. The number of aliphatic carboxylic acids is 1. The number of nitrogens with one attached hydrogen (secondary N) is 1. The maximum absolute atomic E-state index is 12.4. The van der Waals surface area contributed by atoms with E-state index in [1.54, 1.807) is 0 Å². The summed E-state index contributed by atoms with van der Waals surface area (Å²) in [7, 11) is 0. The standard InChI is InChI=1S/C16H23NO4/c1-8-5-13(14(6-8)16(19)20)15(18)17-10(3)12-7-9(2)21-11(12)4/h7-8,10,13-14H,5-6H2,1-4H3,(H,17,18)(H,19,20)/t8?,10?,13-,14+/m0/s1. The van der Waals surface area contributed by atoms with E-state index >= 15 is 0 Å². The molecule has 1 amide bonds. The first-order chi connectivity index (χ1) is 9.79. The van der Waals surface area contributed by atoms with Crippen LogP contribution in [0.25, 0.3) is 0 Å². The topological polar surface area (TPSA) is 79.5 Å². The number of carbonyl (C=O) groups is 2. The second kappa shape index (κ2) is 5.92. The van der Waals surface area contributed by atoms with E-state index in [1.165, 1.54) is 0 Å². The molecule has 1 saturated carbocycles. The van der Waals surface area contributed by atoms with Gasteiger partial charge in [-0.25, -0.2) is 0 Å². The van der Waals surface area contributed by atoms with Gasteiger partial charge < -0.3 is 14.8 Å². The monoisotopic (exact) mass is 293 g/mol. The fourth-order valence-electron chi connectivity index (χ4n) is 3.33. The van der Waals surface area contributed by atoms with Crippen LogP contribution in [0.4, 0.5) is 0 Å². The zero-order valence-corrected chi connectivity index (χ0v) is 13.0. The summed E-state index contributed by atoms with van der Waals surface area (Å²) >= 11 is 0. The molecule has 1 aromatic heterocycles. The Labute approximate surface area is 124 Å². The molecule has 0 aliphatic heterocycles. The van der Waals surface area contributed by atoms with Gasteiger partial charge >= 0.3 is 5.97 Å². The number of hydrogen-bond acceptors (Lipinski definition) is 3. The predicted molar refractivity (Wildman–Crippen MR) is 77.8 cm³/mol. The first kappa shape index (κ1) is 15.6. The van der Waals surface area contributed by atoms with E-state index < -0.39 is 17.8 Å². The summed E-state index contributed by atoms with van der Waals surface area (Å²) in [6.45, 7) is 7.62. The zero-order chi connectivity index (χ0) is 15.7. The first-order valence-electron chi connectivity index (χ1n) is 7.39. The van der Waals surface area contributed by atoms with Crippen LogP contribution in [0.2, 0.25) is 0 Å². The molecule has 2 N–H and O–H groups in total. The molecule has 1 fully saturated rings. The normalized spacial score (nSPS) is 26.6. The molecule has 2 rings (SSSR count). The van der Waals surface area contributed by atoms with Crippen molar-refractivity contribution in [2.75, 3.05) is 0 Å². The van der Waals surface area contributed by atoms with Crippen molar-refractivity contribution in [1.82, 2.24) is 5.32 Å². The quantitative estimate of drug-likeness (QED) is 0.894. The molecule has 0 aromatic carbocycles. The molecule has 5 nitrogen and oxygen atoms in total. The van der Waals surface area contributed by atoms with E-state index in [1.807, 2.05) is 33.8 Å². The maximum atomic E-state index is 12.4. The van der Waals surface area contributed by atoms with Gasteiger partial charge in [0, 0.05) is 5.56 Å². The van der Waals surface area contributed by atoms with Gasteiger partial charge in [-0.15, -0.1) is 0 Å². The van der Waals surface area contributed by atoms with Crippen molar-refractivity contribution < 1.29 is 19.1 Å². The number of aryl methyl sites for hydroxylation is 2. The SMILES string of the molecule is Cc1cc(C(C)NC(=O)[C@H]2CC(C)C[C@H]2C(=O)O)c(C)o1. The van der Waals surface area contributed by atoms with Crippen LogP contribution in [0.3, 0.4) is 0 Å². The molecular weight excluding hydrogens is 270 g/mol. The lowest BCUT2D eigenvalue weighted by molar-refractivity contribution is -0.146. The summed E-state index contributed by atoms with van der Waals surface area (Å²) in [5.41, 5.74) is 0.943. The minimum absolute atomic E-state index is 0.169. The van der Waals surface area contributed by atoms with Crippen molar-refractivity contribution in [3.05, 3.63) is 23.2 Å². The van der Waals surface area contributed by atoms with Crippen LogP contribution in [0.15, 0.2) is 10.5 Å². The Hall–Kier alpha value is -1.78. The molecule has 1 aliphatic rings. The number of rotatable bonds is 4. The van der Waals surface area contributed by atoms with Crippen LogP contribution < -0.4 is 5.32 Å². The highest BCUT2D eigenvalue weighted by Gasteiger charge is 2.41. The van der Waals surface area contributed by atoms with Crippen LogP contribution in [-0.2, 0) is 9.59 Å². The van der Waals surface area contributed by atoms with E-state index in [4.69, 9.17) is 4.42 Å². The Morgan fingerprint density at radius 3 is 2.48 bits per heavy atom. The smallest absolute Gasteiger partial charge is 0.307 e. The van der Waals surface area contributed by atoms with Crippen LogP contribution in [0, 0.1) is 31.6 Å². The Balaban J connectivity index is 2.07. The van der Waals surface area contributed by atoms with Gasteiger partial charge in [0.25, 0.3) is 0 Å². The van der Waals surface area contributed by atoms with E-state index in [9.17, 15) is 14.7 Å². The fourth-order valence-corrected chi connectivity index (χ4v) is 3.33. The molecule has 1 aliphatic carbocycles. The van der Waals surface area contributed by atoms with Crippen molar-refractivity contribution in [3.8, 4) is 0 Å². The number of furan rings is 1. The lowest BCUT2D eigenvalue weighted by Crippen LogP contribution is -2.36. The summed E-state index contributed by atoms with van der Waals surface area (Å²) < 4.78 is 5.47. The zero-order valence-electron chi connectivity index (χ0n) is 13.0. The van der Waals surface area contributed by atoms with Crippen LogP contribution >= 0.6 is 0 Å². The molecule has 2 unspecified atom stereocenters. The summed E-state index contributed by atoms with van der Waals surface area (Å²) in [6.07, 6.45) is 1.21. The number of carboxylic acids is 1. The summed E-state index contributed by atoms with van der Waals surface area (Å²) in [5.74, 6) is -0.181. The van der Waals surface area contributed by atoms with Crippen molar-refractivity contribution in [2.24, 2.45) is 17.8 Å². The van der Waals surface area contributed by atoms with Crippen molar-refractivity contribution in [1.29, 1.82) is 0 Å². The van der Waals surface area contributed by atoms with E-state index in [0.717, 1.165) is 17.1 Å². The molecule has 0 radical (unpaired) electrons. The van der Waals surface area contributed by atoms with Gasteiger partial charge in [-0.1, -0.05) is 6.92 Å². The second-order valence-corrected chi connectivity index (χ2v) is 6.23. The molecule has 5 heteroatoms. The summed E-state index contributed by atoms with van der Waals surface area (Å²) in [4.78, 5) is 23.7. The van der Waals surface area contributed by atoms with E-state index in [2.05, 4.69) is 5.32 Å². The Bertz CT molecular complexity index is 548. The largest absolute Gasteiger partial charge is 0.481 e. The molecule has 21 heavy (non-hydrogen) atoms. The minimum atomic E-state index is -0.873. The van der Waals surface area contributed by atoms with Crippen LogP contribution in [-0.4, -0.2) is 17.0 Å². The van der Waals surface area contributed by atoms with Gasteiger partial charge in [0.15, 0.2) is 0 Å². The van der Waals surface area contributed by atoms with Crippen LogP contribution in [0.5, 0.6) is 0 Å². The Kier molecular flexibility index (Phi) is 4.40. The highest BCUT2D eigenvalue weighted by atomic mass is 16.4. The minimum Gasteiger partial charge on any atom is -0.481 e. The summed E-state index contributed by atoms with van der Waals surface area (Å²) in [6, 6.07) is 1.73. The number of amides is 1. The molecule has 4 atom stereocenters. The molecule has 0 spiro atoms.